The molecule has 6 heteroatoms. The van der Waals surface area contributed by atoms with Gasteiger partial charge in [-0.2, -0.15) is 0 Å². The molecule has 0 radical (unpaired) electrons. The second kappa shape index (κ2) is 6.13. The first-order chi connectivity index (χ1) is 10.3. The van der Waals surface area contributed by atoms with Crippen LogP contribution in [-0.4, -0.2) is 37.9 Å². The predicted octanol–water partition coefficient (Wildman–Crippen LogP) is 1.83. The van der Waals surface area contributed by atoms with Gasteiger partial charge in [-0.15, -0.1) is 0 Å². The molecular formula is C15H21N5O. The second-order valence-corrected chi connectivity index (χ2v) is 5.63. The van der Waals surface area contributed by atoms with E-state index in [1.807, 2.05) is 35.0 Å². The molecule has 0 saturated heterocycles. The molecule has 1 aliphatic rings. The van der Waals surface area contributed by atoms with Crippen LogP contribution in [0.4, 0.5) is 0 Å². The van der Waals surface area contributed by atoms with Gasteiger partial charge in [-0.3, -0.25) is 4.90 Å². The van der Waals surface area contributed by atoms with Crippen LogP contribution in [0.3, 0.4) is 0 Å². The number of pyridine rings is 1. The van der Waals surface area contributed by atoms with Crippen molar-refractivity contribution in [1.29, 1.82) is 0 Å². The highest BCUT2D eigenvalue weighted by molar-refractivity contribution is 5.81. The van der Waals surface area contributed by atoms with Crippen molar-refractivity contribution in [1.82, 2.24) is 14.3 Å². The Morgan fingerprint density at radius 2 is 2.24 bits per heavy atom. The van der Waals surface area contributed by atoms with Crippen LogP contribution >= 0.6 is 0 Å². The van der Waals surface area contributed by atoms with Crippen molar-refractivity contribution in [3.05, 3.63) is 36.3 Å². The molecule has 6 nitrogen and oxygen atoms in total. The monoisotopic (exact) mass is 287 g/mol. The van der Waals surface area contributed by atoms with E-state index in [4.69, 9.17) is 10.9 Å². The summed E-state index contributed by atoms with van der Waals surface area (Å²) in [4.78, 5) is 6.90. The van der Waals surface area contributed by atoms with Gasteiger partial charge in [0.15, 0.2) is 5.84 Å². The largest absolute Gasteiger partial charge is 0.409 e. The van der Waals surface area contributed by atoms with E-state index < -0.39 is 0 Å². The summed E-state index contributed by atoms with van der Waals surface area (Å²) in [5.41, 5.74) is 7.66. The molecule has 0 aliphatic heterocycles. The molecule has 2 heterocycles. The Bertz CT molecular complexity index is 597. The molecule has 1 aliphatic carbocycles. The van der Waals surface area contributed by atoms with Gasteiger partial charge in [0.1, 0.15) is 5.65 Å². The summed E-state index contributed by atoms with van der Waals surface area (Å²) in [6.07, 6.45) is 8.89. The second-order valence-electron chi connectivity index (χ2n) is 5.63. The van der Waals surface area contributed by atoms with E-state index in [0.717, 1.165) is 17.9 Å². The van der Waals surface area contributed by atoms with Gasteiger partial charge in [0, 0.05) is 25.0 Å². The van der Waals surface area contributed by atoms with Crippen LogP contribution < -0.4 is 5.73 Å². The van der Waals surface area contributed by atoms with Crippen LogP contribution in [0.1, 0.15) is 31.4 Å². The molecule has 1 saturated carbocycles. The minimum atomic E-state index is 0.255. The van der Waals surface area contributed by atoms with Crippen LogP contribution in [0.2, 0.25) is 0 Å². The number of nitrogens with zero attached hydrogens (tertiary/aromatic N) is 4. The standard InChI is InChI=1S/C15H21N5O/c16-14(18-21)11-20(13-5-1-2-6-13)10-12-9-19-8-4-3-7-15(19)17-12/h3-4,7-9,13,21H,1-2,5-6,10-11H2,(H2,16,18). The van der Waals surface area contributed by atoms with Crippen LogP contribution in [0.5, 0.6) is 0 Å². The average Bonchev–Trinajstić information content (AvgIpc) is 3.15. The molecule has 2 aromatic rings. The number of amidine groups is 1. The Hall–Kier alpha value is -2.08. The van der Waals surface area contributed by atoms with E-state index in [1.165, 1.54) is 25.7 Å². The number of fused-ring (bicyclic) bond motifs is 1. The first-order valence-electron chi connectivity index (χ1n) is 7.39. The number of nitrogens with two attached hydrogens (primary N) is 1. The Morgan fingerprint density at radius 1 is 1.43 bits per heavy atom. The zero-order chi connectivity index (χ0) is 14.7. The number of hydrogen-bond donors (Lipinski definition) is 2. The summed E-state index contributed by atoms with van der Waals surface area (Å²) in [6, 6.07) is 6.46. The first kappa shape index (κ1) is 13.9. The van der Waals surface area contributed by atoms with Gasteiger partial charge in [0.2, 0.25) is 0 Å². The fourth-order valence-corrected chi connectivity index (χ4v) is 3.09. The van der Waals surface area contributed by atoms with Crippen molar-refractivity contribution in [2.24, 2.45) is 10.9 Å². The summed E-state index contributed by atoms with van der Waals surface area (Å²) in [5.74, 6) is 0.255. The summed E-state index contributed by atoms with van der Waals surface area (Å²) < 4.78 is 2.02. The topological polar surface area (TPSA) is 79.2 Å². The van der Waals surface area contributed by atoms with Gasteiger partial charge in [-0.25, -0.2) is 4.98 Å². The van der Waals surface area contributed by atoms with Crippen molar-refractivity contribution in [2.45, 2.75) is 38.3 Å². The first-order valence-corrected chi connectivity index (χ1v) is 7.39. The quantitative estimate of drug-likeness (QED) is 0.380. The molecule has 112 valence electrons. The van der Waals surface area contributed by atoms with E-state index in [0.29, 0.717) is 12.6 Å². The minimum absolute atomic E-state index is 0.255. The predicted molar refractivity (Wildman–Crippen MR) is 81.3 cm³/mol. The van der Waals surface area contributed by atoms with E-state index in [1.54, 1.807) is 0 Å². The summed E-state index contributed by atoms with van der Waals surface area (Å²) in [6.45, 7) is 1.21. The molecule has 3 N–H and O–H groups in total. The zero-order valence-electron chi connectivity index (χ0n) is 12.0. The van der Waals surface area contributed by atoms with E-state index in [-0.39, 0.29) is 5.84 Å². The van der Waals surface area contributed by atoms with Crippen molar-refractivity contribution < 1.29 is 5.21 Å². The van der Waals surface area contributed by atoms with Crippen molar-refractivity contribution >= 4 is 11.5 Å². The lowest BCUT2D eigenvalue weighted by molar-refractivity contribution is 0.212. The highest BCUT2D eigenvalue weighted by Gasteiger charge is 2.24. The van der Waals surface area contributed by atoms with Gasteiger partial charge >= 0.3 is 0 Å². The van der Waals surface area contributed by atoms with E-state index >= 15 is 0 Å². The van der Waals surface area contributed by atoms with E-state index in [9.17, 15) is 0 Å². The van der Waals surface area contributed by atoms with Crippen molar-refractivity contribution in [3.63, 3.8) is 0 Å². The molecule has 2 aromatic heterocycles. The highest BCUT2D eigenvalue weighted by Crippen LogP contribution is 2.24. The van der Waals surface area contributed by atoms with Crippen molar-refractivity contribution in [2.75, 3.05) is 6.54 Å². The SMILES string of the molecule is NC(CN(Cc1cn2ccccc2n1)C1CCCC1)=NO. The molecule has 0 spiro atoms. The number of oxime groups is 1. The fraction of sp³-hybridized carbons (Fsp3) is 0.467. The molecule has 1 fully saturated rings. The highest BCUT2D eigenvalue weighted by atomic mass is 16.4. The number of rotatable bonds is 5. The normalized spacial score (nSPS) is 17.1. The lowest BCUT2D eigenvalue weighted by atomic mass is 10.2. The zero-order valence-corrected chi connectivity index (χ0v) is 12.0. The molecule has 0 atom stereocenters. The number of hydrogen-bond acceptors (Lipinski definition) is 4. The third-order valence-corrected chi connectivity index (χ3v) is 4.11. The summed E-state index contributed by atoms with van der Waals surface area (Å²) in [5, 5.41) is 11.9. The van der Waals surface area contributed by atoms with Gasteiger partial charge < -0.3 is 15.3 Å². The van der Waals surface area contributed by atoms with Gasteiger partial charge in [-0.1, -0.05) is 24.1 Å². The van der Waals surface area contributed by atoms with E-state index in [2.05, 4.69) is 15.0 Å². The number of imidazole rings is 1. The van der Waals surface area contributed by atoms with Crippen LogP contribution in [0, 0.1) is 0 Å². The van der Waals surface area contributed by atoms with Gasteiger partial charge in [-0.05, 0) is 25.0 Å². The summed E-state index contributed by atoms with van der Waals surface area (Å²) in [7, 11) is 0. The smallest absolute Gasteiger partial charge is 0.153 e. The summed E-state index contributed by atoms with van der Waals surface area (Å²) >= 11 is 0. The van der Waals surface area contributed by atoms with Crippen LogP contribution in [0.15, 0.2) is 35.7 Å². The average molecular weight is 287 g/mol. The molecule has 3 rings (SSSR count). The Morgan fingerprint density at radius 3 is 2.95 bits per heavy atom. The maximum Gasteiger partial charge on any atom is 0.153 e. The lowest BCUT2D eigenvalue weighted by Gasteiger charge is -2.27. The third kappa shape index (κ3) is 3.16. The Kier molecular flexibility index (Phi) is 4.06. The molecule has 0 bridgehead atoms. The fourth-order valence-electron chi connectivity index (χ4n) is 3.09. The maximum absolute atomic E-state index is 8.82. The van der Waals surface area contributed by atoms with Crippen LogP contribution in [-0.2, 0) is 6.54 Å². The molecular weight excluding hydrogens is 266 g/mol. The molecule has 0 unspecified atom stereocenters. The van der Waals surface area contributed by atoms with Gasteiger partial charge in [0.05, 0.1) is 12.2 Å². The number of aromatic nitrogens is 2. The van der Waals surface area contributed by atoms with Crippen molar-refractivity contribution in [3.8, 4) is 0 Å². The minimum Gasteiger partial charge on any atom is -0.409 e. The van der Waals surface area contributed by atoms with Crippen LogP contribution in [0.25, 0.3) is 5.65 Å². The third-order valence-electron chi connectivity index (χ3n) is 4.11. The molecule has 0 aromatic carbocycles. The van der Waals surface area contributed by atoms with Gasteiger partial charge in [0.25, 0.3) is 0 Å². The maximum atomic E-state index is 8.82. The Balaban J connectivity index is 1.79. The Labute approximate surface area is 123 Å². The molecule has 21 heavy (non-hydrogen) atoms. The molecule has 0 amide bonds. The lowest BCUT2D eigenvalue weighted by Crippen LogP contribution is -2.39.